The molecule has 2 fully saturated rings. The first-order valence-electron chi connectivity index (χ1n) is 5.80. The van der Waals surface area contributed by atoms with Gasteiger partial charge in [0, 0.05) is 6.04 Å². The molecule has 0 bridgehead atoms. The summed E-state index contributed by atoms with van der Waals surface area (Å²) in [5, 5.41) is 2.62. The number of nitrogens with zero attached hydrogens (tertiary/aromatic N) is 1. The molecule has 0 aromatic rings. The summed E-state index contributed by atoms with van der Waals surface area (Å²) in [4.78, 5) is 25.3. The van der Waals surface area contributed by atoms with Crippen LogP contribution in [0.5, 0.6) is 0 Å². The summed E-state index contributed by atoms with van der Waals surface area (Å²) in [6.45, 7) is 10.6. The average Bonchev–Trinajstić information content (AvgIpc) is 2.55. The average molecular weight is 224 g/mol. The van der Waals surface area contributed by atoms with Crippen LogP contribution in [0.1, 0.15) is 34.6 Å². The highest BCUT2D eigenvalue weighted by Crippen LogP contribution is 2.65. The third-order valence-electron chi connectivity index (χ3n) is 4.72. The third-order valence-corrected chi connectivity index (χ3v) is 4.72. The van der Waals surface area contributed by atoms with Crippen LogP contribution >= 0.6 is 0 Å². The van der Waals surface area contributed by atoms with Gasteiger partial charge in [0.1, 0.15) is 6.04 Å². The molecule has 1 unspecified atom stereocenters. The second-order valence-corrected chi connectivity index (χ2v) is 6.04. The van der Waals surface area contributed by atoms with E-state index in [0.717, 1.165) is 0 Å². The number of carbonyl (C=O) groups is 2. The van der Waals surface area contributed by atoms with Gasteiger partial charge in [-0.3, -0.25) is 9.59 Å². The Morgan fingerprint density at radius 2 is 1.69 bits per heavy atom. The van der Waals surface area contributed by atoms with Crippen LogP contribution in [-0.2, 0) is 9.59 Å². The second-order valence-electron chi connectivity index (χ2n) is 6.04. The second kappa shape index (κ2) is 2.99. The topological polar surface area (TPSA) is 49.4 Å². The maximum absolute atomic E-state index is 11.9. The molecule has 0 spiro atoms. The molecule has 2 rings (SSSR count). The first-order chi connectivity index (χ1) is 7.21. The molecular formula is C12H20N2O2. The Hall–Kier alpha value is -1.06. The molecular weight excluding hydrogens is 204 g/mol. The molecule has 1 saturated carbocycles. The maximum Gasteiger partial charge on any atom is 0.242 e. The highest BCUT2D eigenvalue weighted by Gasteiger charge is 2.69. The van der Waals surface area contributed by atoms with E-state index in [-0.39, 0.29) is 41.3 Å². The van der Waals surface area contributed by atoms with Gasteiger partial charge in [-0.05, 0) is 17.8 Å². The standard InChI is InChI=1S/C12H20N2O2/c1-7-9(16)13-6-8(15)14(7)10-11(2,3)12(10,4)5/h7,10H,6H2,1-5H3,(H,13,16). The molecule has 0 aromatic carbocycles. The molecule has 2 amide bonds. The molecule has 4 heteroatoms. The highest BCUT2D eigenvalue weighted by atomic mass is 16.2. The van der Waals surface area contributed by atoms with Crippen LogP contribution in [0.2, 0.25) is 0 Å². The normalized spacial score (nSPS) is 32.6. The predicted molar refractivity (Wildman–Crippen MR) is 60.7 cm³/mol. The molecule has 0 aromatic heterocycles. The summed E-state index contributed by atoms with van der Waals surface area (Å²) in [6, 6.07) is -0.166. The minimum Gasteiger partial charge on any atom is -0.345 e. The van der Waals surface area contributed by atoms with E-state index in [4.69, 9.17) is 0 Å². The van der Waals surface area contributed by atoms with Gasteiger partial charge >= 0.3 is 0 Å². The summed E-state index contributed by atoms with van der Waals surface area (Å²) in [5.41, 5.74) is 0.184. The lowest BCUT2D eigenvalue weighted by atomic mass is 10.0. The molecule has 16 heavy (non-hydrogen) atoms. The van der Waals surface area contributed by atoms with Gasteiger partial charge in [0.15, 0.2) is 0 Å². The largest absolute Gasteiger partial charge is 0.345 e. The van der Waals surface area contributed by atoms with Crippen molar-refractivity contribution in [2.45, 2.75) is 46.7 Å². The monoisotopic (exact) mass is 224 g/mol. The van der Waals surface area contributed by atoms with E-state index in [1.165, 1.54) is 0 Å². The van der Waals surface area contributed by atoms with Crippen LogP contribution in [0.15, 0.2) is 0 Å². The van der Waals surface area contributed by atoms with Gasteiger partial charge in [0.2, 0.25) is 11.8 Å². The van der Waals surface area contributed by atoms with Crippen LogP contribution in [0, 0.1) is 10.8 Å². The smallest absolute Gasteiger partial charge is 0.242 e. The zero-order chi connectivity index (χ0) is 12.3. The molecule has 0 radical (unpaired) electrons. The van der Waals surface area contributed by atoms with Crippen molar-refractivity contribution < 1.29 is 9.59 Å². The molecule has 1 aliphatic carbocycles. The van der Waals surface area contributed by atoms with Crippen molar-refractivity contribution in [2.75, 3.05) is 6.54 Å². The predicted octanol–water partition coefficient (Wildman–Crippen LogP) is 0.768. The number of amides is 2. The Morgan fingerprint density at radius 1 is 1.19 bits per heavy atom. The van der Waals surface area contributed by atoms with Gasteiger partial charge in [0.05, 0.1) is 6.54 Å². The summed E-state index contributed by atoms with van der Waals surface area (Å²) in [6.07, 6.45) is 0. The summed E-state index contributed by atoms with van der Waals surface area (Å²) in [7, 11) is 0. The molecule has 1 atom stereocenters. The molecule has 90 valence electrons. The maximum atomic E-state index is 11.9. The molecule has 1 heterocycles. The van der Waals surface area contributed by atoms with Crippen molar-refractivity contribution in [3.05, 3.63) is 0 Å². The van der Waals surface area contributed by atoms with Crippen LogP contribution in [-0.4, -0.2) is 35.3 Å². The number of carbonyl (C=O) groups excluding carboxylic acids is 2. The van der Waals surface area contributed by atoms with E-state index in [0.29, 0.717) is 0 Å². The molecule has 1 aliphatic heterocycles. The van der Waals surface area contributed by atoms with Crippen molar-refractivity contribution in [3.63, 3.8) is 0 Å². The number of hydrogen-bond donors (Lipinski definition) is 1. The molecule has 2 aliphatic rings. The Bertz CT molecular complexity index is 346. The Kier molecular flexibility index (Phi) is 2.14. The van der Waals surface area contributed by atoms with Crippen LogP contribution in [0.25, 0.3) is 0 Å². The van der Waals surface area contributed by atoms with Gasteiger partial charge in [0.25, 0.3) is 0 Å². The lowest BCUT2D eigenvalue weighted by Gasteiger charge is -2.34. The zero-order valence-corrected chi connectivity index (χ0v) is 10.6. The van der Waals surface area contributed by atoms with Gasteiger partial charge in [-0.2, -0.15) is 0 Å². The van der Waals surface area contributed by atoms with E-state index in [2.05, 4.69) is 33.0 Å². The number of rotatable bonds is 1. The SMILES string of the molecule is CC1C(=O)NCC(=O)N1C1C(C)(C)C1(C)C. The molecule has 1 N–H and O–H groups in total. The van der Waals surface area contributed by atoms with Crippen LogP contribution in [0.4, 0.5) is 0 Å². The van der Waals surface area contributed by atoms with Crippen molar-refractivity contribution in [1.29, 1.82) is 0 Å². The molecule has 4 nitrogen and oxygen atoms in total. The number of nitrogens with one attached hydrogen (secondary N) is 1. The van der Waals surface area contributed by atoms with Gasteiger partial charge in [-0.15, -0.1) is 0 Å². The van der Waals surface area contributed by atoms with E-state index < -0.39 is 0 Å². The highest BCUT2D eigenvalue weighted by molar-refractivity contribution is 5.95. The summed E-state index contributed by atoms with van der Waals surface area (Å²) in [5.74, 6) is -0.00569. The van der Waals surface area contributed by atoms with E-state index >= 15 is 0 Å². The number of piperazine rings is 1. The third kappa shape index (κ3) is 1.22. The van der Waals surface area contributed by atoms with E-state index in [9.17, 15) is 9.59 Å². The van der Waals surface area contributed by atoms with Gasteiger partial charge in [-0.25, -0.2) is 0 Å². The van der Waals surface area contributed by atoms with Gasteiger partial charge in [-0.1, -0.05) is 27.7 Å². The zero-order valence-electron chi connectivity index (χ0n) is 10.6. The lowest BCUT2D eigenvalue weighted by Crippen LogP contribution is -2.58. The Labute approximate surface area is 96.4 Å². The van der Waals surface area contributed by atoms with Crippen LogP contribution < -0.4 is 5.32 Å². The van der Waals surface area contributed by atoms with Crippen molar-refractivity contribution in [1.82, 2.24) is 10.2 Å². The van der Waals surface area contributed by atoms with Crippen LogP contribution in [0.3, 0.4) is 0 Å². The van der Waals surface area contributed by atoms with E-state index in [1.807, 2.05) is 0 Å². The summed E-state index contributed by atoms with van der Waals surface area (Å²) < 4.78 is 0. The van der Waals surface area contributed by atoms with Crippen molar-refractivity contribution in [2.24, 2.45) is 10.8 Å². The Balaban J connectivity index is 2.27. The van der Waals surface area contributed by atoms with Crippen molar-refractivity contribution >= 4 is 11.8 Å². The van der Waals surface area contributed by atoms with E-state index in [1.54, 1.807) is 11.8 Å². The first kappa shape index (κ1) is 11.4. The Morgan fingerprint density at radius 3 is 2.12 bits per heavy atom. The number of hydrogen-bond acceptors (Lipinski definition) is 2. The fraction of sp³-hybridized carbons (Fsp3) is 0.833. The minimum absolute atomic E-state index is 0.0377. The fourth-order valence-corrected chi connectivity index (χ4v) is 2.97. The van der Waals surface area contributed by atoms with Gasteiger partial charge < -0.3 is 10.2 Å². The van der Waals surface area contributed by atoms with Crippen molar-refractivity contribution in [3.8, 4) is 0 Å². The molecule has 1 saturated heterocycles. The lowest BCUT2D eigenvalue weighted by molar-refractivity contribution is -0.146. The minimum atomic E-state index is -0.340. The quantitative estimate of drug-likeness (QED) is 0.715. The fourth-order valence-electron chi connectivity index (χ4n) is 2.97. The summed E-state index contributed by atoms with van der Waals surface area (Å²) >= 11 is 0. The first-order valence-corrected chi connectivity index (χ1v) is 5.80.